The third kappa shape index (κ3) is 5.16. The van der Waals surface area contributed by atoms with E-state index in [1.54, 1.807) is 0 Å². The maximum Gasteiger partial charge on any atom is 0.304 e. The Morgan fingerprint density at radius 1 is 1.03 bits per heavy atom. The normalized spacial score (nSPS) is 17.4. The highest BCUT2D eigenvalue weighted by molar-refractivity contribution is 5.76. The summed E-state index contributed by atoms with van der Waals surface area (Å²) in [4.78, 5) is 11.1. The van der Waals surface area contributed by atoms with Crippen LogP contribution in [0.1, 0.15) is 53.0 Å². The van der Waals surface area contributed by atoms with E-state index in [0.29, 0.717) is 44.0 Å². The number of ether oxygens (including phenoxy) is 4. The first-order chi connectivity index (χ1) is 18.0. The van der Waals surface area contributed by atoms with Crippen LogP contribution in [0.2, 0.25) is 0 Å². The molecule has 3 aromatic carbocycles. The maximum atomic E-state index is 11.1. The Bertz CT molecular complexity index is 1330. The summed E-state index contributed by atoms with van der Waals surface area (Å²) in [6.45, 7) is 4.25. The van der Waals surface area contributed by atoms with Crippen LogP contribution in [0.15, 0.2) is 48.5 Å². The first kappa shape index (κ1) is 23.9. The van der Waals surface area contributed by atoms with Crippen LogP contribution in [0.3, 0.4) is 0 Å². The molecule has 1 fully saturated rings. The molecule has 0 aromatic heterocycles. The monoisotopic (exact) mass is 500 g/mol. The van der Waals surface area contributed by atoms with Gasteiger partial charge in [0.1, 0.15) is 30.5 Å². The largest absolute Gasteiger partial charge is 0.492 e. The minimum atomic E-state index is -0.813. The topological polar surface area (TPSA) is 74.2 Å². The van der Waals surface area contributed by atoms with Gasteiger partial charge >= 0.3 is 5.97 Å². The molecule has 6 heteroatoms. The molecular formula is C31H32O6. The van der Waals surface area contributed by atoms with Crippen molar-refractivity contribution in [1.82, 2.24) is 0 Å². The van der Waals surface area contributed by atoms with Crippen molar-refractivity contribution in [3.05, 3.63) is 76.3 Å². The number of aliphatic carboxylic acids is 1. The highest BCUT2D eigenvalue weighted by atomic mass is 16.5. The molecule has 1 heterocycles. The maximum absolute atomic E-state index is 11.1. The van der Waals surface area contributed by atoms with Gasteiger partial charge in [-0.1, -0.05) is 24.3 Å². The number of hydrogen-bond donors (Lipinski definition) is 1. The van der Waals surface area contributed by atoms with Gasteiger partial charge in [0.2, 0.25) is 0 Å². The van der Waals surface area contributed by atoms with Crippen LogP contribution in [-0.2, 0) is 29.0 Å². The van der Waals surface area contributed by atoms with Gasteiger partial charge in [0.15, 0.2) is 0 Å². The summed E-state index contributed by atoms with van der Waals surface area (Å²) in [5, 5.41) is 9.11. The lowest BCUT2D eigenvalue weighted by Gasteiger charge is -2.28. The number of carbonyl (C=O) groups is 1. The van der Waals surface area contributed by atoms with Crippen molar-refractivity contribution in [2.45, 2.75) is 57.7 Å². The fourth-order valence-electron chi connectivity index (χ4n) is 5.36. The lowest BCUT2D eigenvalue weighted by atomic mass is 9.79. The van der Waals surface area contributed by atoms with Gasteiger partial charge < -0.3 is 24.1 Å². The average Bonchev–Trinajstić information content (AvgIpc) is 3.61. The van der Waals surface area contributed by atoms with Crippen LogP contribution < -0.4 is 14.2 Å². The quantitative estimate of drug-likeness (QED) is 0.333. The Labute approximate surface area is 217 Å². The minimum absolute atomic E-state index is 0.0745. The zero-order valence-corrected chi connectivity index (χ0v) is 21.1. The smallest absolute Gasteiger partial charge is 0.304 e. The van der Waals surface area contributed by atoms with E-state index in [4.69, 9.17) is 24.1 Å². The molecule has 3 aromatic rings. The summed E-state index contributed by atoms with van der Waals surface area (Å²) in [6.07, 6.45) is 5.02. The van der Waals surface area contributed by atoms with E-state index in [0.717, 1.165) is 29.7 Å². The predicted octanol–water partition coefficient (Wildman–Crippen LogP) is 5.85. The summed E-state index contributed by atoms with van der Waals surface area (Å²) in [6, 6.07) is 16.4. The van der Waals surface area contributed by atoms with Gasteiger partial charge in [0.25, 0.3) is 0 Å². The highest BCUT2D eigenvalue weighted by Crippen LogP contribution is 2.42. The lowest BCUT2D eigenvalue weighted by Crippen LogP contribution is -2.16. The van der Waals surface area contributed by atoms with Crippen LogP contribution in [-0.4, -0.2) is 37.0 Å². The first-order valence-corrected chi connectivity index (χ1v) is 13.2. The Morgan fingerprint density at radius 2 is 1.89 bits per heavy atom. The van der Waals surface area contributed by atoms with E-state index in [9.17, 15) is 4.79 Å². The number of rotatable bonds is 11. The van der Waals surface area contributed by atoms with Crippen molar-refractivity contribution < 1.29 is 28.8 Å². The zero-order valence-electron chi connectivity index (χ0n) is 21.1. The first-order valence-electron chi connectivity index (χ1n) is 13.2. The van der Waals surface area contributed by atoms with Gasteiger partial charge in [-0.3, -0.25) is 4.79 Å². The molecule has 37 heavy (non-hydrogen) atoms. The molecule has 6 nitrogen and oxygen atoms in total. The Hall–Kier alpha value is -3.51. The van der Waals surface area contributed by atoms with Crippen LogP contribution in [0.4, 0.5) is 0 Å². The molecule has 0 radical (unpaired) electrons. The number of hydrogen-bond acceptors (Lipinski definition) is 5. The van der Waals surface area contributed by atoms with Crippen molar-refractivity contribution in [1.29, 1.82) is 0 Å². The Morgan fingerprint density at radius 3 is 2.68 bits per heavy atom. The molecule has 0 amide bonds. The van der Waals surface area contributed by atoms with Crippen molar-refractivity contribution in [2.24, 2.45) is 0 Å². The second-order valence-corrected chi connectivity index (χ2v) is 10.2. The number of benzene rings is 3. The lowest BCUT2D eigenvalue weighted by molar-refractivity contribution is -0.137. The fourth-order valence-corrected chi connectivity index (χ4v) is 5.36. The van der Waals surface area contributed by atoms with Gasteiger partial charge in [-0.05, 0) is 84.2 Å². The summed E-state index contributed by atoms with van der Waals surface area (Å²) >= 11 is 0. The van der Waals surface area contributed by atoms with Gasteiger partial charge in [0, 0.05) is 17.5 Å². The number of carboxylic acid groups (broad SMARTS) is 1. The number of aryl methyl sites for hydroxylation is 1. The van der Waals surface area contributed by atoms with Gasteiger partial charge in [0.05, 0.1) is 25.7 Å². The van der Waals surface area contributed by atoms with Crippen LogP contribution in [0.25, 0.3) is 11.1 Å². The molecule has 1 N–H and O–H groups in total. The number of fused-ring (bicyclic) bond motifs is 2. The van der Waals surface area contributed by atoms with Crippen LogP contribution in [0.5, 0.6) is 17.2 Å². The van der Waals surface area contributed by atoms with E-state index < -0.39 is 5.97 Å². The summed E-state index contributed by atoms with van der Waals surface area (Å²) in [5.41, 5.74) is 8.48. The molecule has 1 atom stereocenters. The molecule has 0 bridgehead atoms. The van der Waals surface area contributed by atoms with Crippen LogP contribution in [0, 0.1) is 6.92 Å². The van der Waals surface area contributed by atoms with E-state index in [2.05, 4.69) is 37.3 Å². The highest BCUT2D eigenvalue weighted by Gasteiger charge is 2.27. The molecule has 0 unspecified atom stereocenters. The Kier molecular flexibility index (Phi) is 6.51. The third-order valence-electron chi connectivity index (χ3n) is 7.46. The average molecular weight is 501 g/mol. The van der Waals surface area contributed by atoms with Crippen molar-refractivity contribution >= 4 is 5.97 Å². The van der Waals surface area contributed by atoms with E-state index in [1.165, 1.54) is 40.7 Å². The van der Waals surface area contributed by atoms with E-state index >= 15 is 0 Å². The minimum Gasteiger partial charge on any atom is -0.492 e. The summed E-state index contributed by atoms with van der Waals surface area (Å²) in [7, 11) is 0. The molecule has 3 aliphatic rings. The van der Waals surface area contributed by atoms with Crippen molar-refractivity contribution in [2.75, 3.05) is 19.8 Å². The van der Waals surface area contributed by atoms with Gasteiger partial charge in [-0.25, -0.2) is 0 Å². The molecule has 0 spiro atoms. The SMILES string of the molecule is Cc1cc(OCCOC2CC2)c2c(c1-c1cccc(COc3ccc4c(c3)OC[C@H]4CC(=O)O)c1)CC2. The van der Waals surface area contributed by atoms with E-state index in [-0.39, 0.29) is 12.3 Å². The molecule has 192 valence electrons. The molecule has 2 aliphatic carbocycles. The number of carboxylic acids is 1. The second-order valence-electron chi connectivity index (χ2n) is 10.2. The molecular weight excluding hydrogens is 468 g/mol. The molecule has 6 rings (SSSR count). The predicted molar refractivity (Wildman–Crippen MR) is 140 cm³/mol. The van der Waals surface area contributed by atoms with E-state index in [1.807, 2.05) is 18.2 Å². The molecule has 0 saturated heterocycles. The molecule has 1 saturated carbocycles. The molecule has 1 aliphatic heterocycles. The Balaban J connectivity index is 1.13. The zero-order chi connectivity index (χ0) is 25.4. The van der Waals surface area contributed by atoms with Gasteiger partial charge in [-0.15, -0.1) is 0 Å². The second kappa shape index (κ2) is 10.1. The van der Waals surface area contributed by atoms with Gasteiger partial charge in [-0.2, -0.15) is 0 Å². The van der Waals surface area contributed by atoms with Crippen molar-refractivity contribution in [3.8, 4) is 28.4 Å². The summed E-state index contributed by atoms with van der Waals surface area (Å²) in [5.74, 6) is 1.52. The fraction of sp³-hybridized carbons (Fsp3) is 0.387. The standard InChI is InChI=1S/C31H32O6/c1-19-13-28(35-12-11-34-23-5-6-23)26-9-10-27(26)31(19)21-4-2-3-20(14-21)17-36-24-7-8-25-22(15-30(32)33)18-37-29(25)16-24/h2-4,7-8,13-14,16,22-23H,5-6,9-12,15,17-18H2,1H3,(H,32,33)/t22-/m1/s1. The summed E-state index contributed by atoms with van der Waals surface area (Å²) < 4.78 is 23.6. The van der Waals surface area contributed by atoms with Crippen LogP contribution >= 0.6 is 0 Å². The van der Waals surface area contributed by atoms with Crippen molar-refractivity contribution in [3.63, 3.8) is 0 Å². The third-order valence-corrected chi connectivity index (χ3v) is 7.46.